The summed E-state index contributed by atoms with van der Waals surface area (Å²) < 4.78 is 5.67. The lowest BCUT2D eigenvalue weighted by Crippen LogP contribution is -2.37. The van der Waals surface area contributed by atoms with Crippen molar-refractivity contribution in [3.8, 4) is 5.75 Å². The molecule has 1 aromatic rings. The van der Waals surface area contributed by atoms with Crippen LogP contribution >= 0.6 is 35.6 Å². The fourth-order valence-corrected chi connectivity index (χ4v) is 2.78. The Labute approximate surface area is 130 Å². The van der Waals surface area contributed by atoms with Gasteiger partial charge in [-0.15, -0.1) is 12.4 Å². The lowest BCUT2D eigenvalue weighted by Gasteiger charge is -2.23. The van der Waals surface area contributed by atoms with Gasteiger partial charge >= 0.3 is 0 Å². The van der Waals surface area contributed by atoms with E-state index in [-0.39, 0.29) is 12.4 Å². The Balaban J connectivity index is 0.00000180. The first-order valence-electron chi connectivity index (χ1n) is 6.22. The van der Waals surface area contributed by atoms with E-state index in [9.17, 15) is 0 Å². The van der Waals surface area contributed by atoms with Crippen LogP contribution in [0.4, 0.5) is 0 Å². The molecule has 0 bridgehead atoms. The van der Waals surface area contributed by atoms with Gasteiger partial charge in [0.15, 0.2) is 0 Å². The molecule has 1 unspecified atom stereocenters. The minimum atomic E-state index is 0. The van der Waals surface area contributed by atoms with Crippen LogP contribution in [-0.4, -0.2) is 37.2 Å². The molecule has 0 spiro atoms. The van der Waals surface area contributed by atoms with Crippen molar-refractivity contribution in [1.29, 1.82) is 0 Å². The summed E-state index contributed by atoms with van der Waals surface area (Å²) in [6, 6.07) is 5.78. The highest BCUT2D eigenvalue weighted by atomic mass is 35.5. The van der Waals surface area contributed by atoms with Gasteiger partial charge in [0.05, 0.1) is 5.02 Å². The number of nitrogens with two attached hydrogens (primary N) is 1. The molecule has 1 saturated heterocycles. The van der Waals surface area contributed by atoms with E-state index in [1.165, 1.54) is 12.8 Å². The van der Waals surface area contributed by atoms with Crippen LogP contribution in [-0.2, 0) is 0 Å². The van der Waals surface area contributed by atoms with E-state index < -0.39 is 0 Å². The van der Waals surface area contributed by atoms with Crippen LogP contribution in [0.1, 0.15) is 12.8 Å². The summed E-state index contributed by atoms with van der Waals surface area (Å²) in [6.07, 6.45) is 2.42. The average Bonchev–Trinajstić information content (AvgIpc) is 2.79. The van der Waals surface area contributed by atoms with Crippen LogP contribution in [0.2, 0.25) is 10.0 Å². The van der Waals surface area contributed by atoms with Crippen molar-refractivity contribution in [2.75, 3.05) is 26.2 Å². The van der Waals surface area contributed by atoms with Gasteiger partial charge in [-0.2, -0.15) is 0 Å². The molecule has 1 aliphatic rings. The molecule has 3 nitrogen and oxygen atoms in total. The van der Waals surface area contributed by atoms with Gasteiger partial charge in [0.25, 0.3) is 0 Å². The van der Waals surface area contributed by atoms with Crippen LogP contribution in [0.3, 0.4) is 0 Å². The summed E-state index contributed by atoms with van der Waals surface area (Å²) in [5.41, 5.74) is 5.73. The van der Waals surface area contributed by atoms with Crippen LogP contribution < -0.4 is 10.5 Å². The molecule has 0 saturated carbocycles. The summed E-state index contributed by atoms with van der Waals surface area (Å²) in [7, 11) is 0. The quantitative estimate of drug-likeness (QED) is 0.903. The predicted octanol–water partition coefficient (Wildman–Crippen LogP) is 3.22. The molecule has 2 rings (SSSR count). The van der Waals surface area contributed by atoms with Gasteiger partial charge in [-0.25, -0.2) is 0 Å². The molecular formula is C13H19Cl3N2O. The monoisotopic (exact) mass is 324 g/mol. The van der Waals surface area contributed by atoms with Crippen molar-refractivity contribution in [3.63, 3.8) is 0 Å². The molecule has 1 heterocycles. The van der Waals surface area contributed by atoms with Crippen molar-refractivity contribution in [2.24, 2.45) is 5.73 Å². The molecule has 6 heteroatoms. The first kappa shape index (κ1) is 16.9. The number of hydrogen-bond donors (Lipinski definition) is 1. The summed E-state index contributed by atoms with van der Waals surface area (Å²) in [4.78, 5) is 2.38. The molecule has 1 aromatic carbocycles. The Hall–Kier alpha value is -0.190. The van der Waals surface area contributed by atoms with Gasteiger partial charge in [0, 0.05) is 24.2 Å². The topological polar surface area (TPSA) is 38.5 Å². The van der Waals surface area contributed by atoms with E-state index >= 15 is 0 Å². The highest BCUT2D eigenvalue weighted by Gasteiger charge is 2.22. The molecule has 1 atom stereocenters. The maximum atomic E-state index is 6.04. The minimum Gasteiger partial charge on any atom is -0.491 e. The molecule has 108 valence electrons. The number of nitrogens with zero attached hydrogens (tertiary/aromatic N) is 1. The second-order valence-corrected chi connectivity index (χ2v) is 5.33. The van der Waals surface area contributed by atoms with Gasteiger partial charge in [-0.1, -0.05) is 23.2 Å². The number of likely N-dealkylation sites (tertiary alicyclic amines) is 1. The zero-order valence-electron chi connectivity index (χ0n) is 10.6. The molecule has 1 fully saturated rings. The lowest BCUT2D eigenvalue weighted by atomic mass is 10.2. The first-order valence-corrected chi connectivity index (χ1v) is 6.98. The third kappa shape index (κ3) is 4.69. The maximum absolute atomic E-state index is 6.04. The van der Waals surface area contributed by atoms with Gasteiger partial charge in [-0.05, 0) is 37.6 Å². The standard InChI is InChI=1S/C13H18Cl2N2O.ClH/c14-10-3-4-13(12(15)8-10)18-7-6-17-5-1-2-11(17)9-16;/h3-4,8,11H,1-2,5-7,9,16H2;1H. The Morgan fingerprint density at radius 1 is 1.37 bits per heavy atom. The zero-order chi connectivity index (χ0) is 13.0. The third-order valence-electron chi connectivity index (χ3n) is 3.30. The third-order valence-corrected chi connectivity index (χ3v) is 3.83. The molecular weight excluding hydrogens is 307 g/mol. The normalized spacial score (nSPS) is 19.2. The highest BCUT2D eigenvalue weighted by molar-refractivity contribution is 6.35. The lowest BCUT2D eigenvalue weighted by molar-refractivity contribution is 0.199. The second-order valence-electron chi connectivity index (χ2n) is 4.49. The number of benzene rings is 1. The van der Waals surface area contributed by atoms with E-state index in [1.54, 1.807) is 18.2 Å². The van der Waals surface area contributed by atoms with Gasteiger partial charge in [0.1, 0.15) is 12.4 Å². The van der Waals surface area contributed by atoms with Crippen molar-refractivity contribution in [1.82, 2.24) is 4.90 Å². The van der Waals surface area contributed by atoms with Crippen molar-refractivity contribution in [3.05, 3.63) is 28.2 Å². The molecule has 1 aliphatic heterocycles. The smallest absolute Gasteiger partial charge is 0.138 e. The fourth-order valence-electron chi connectivity index (χ4n) is 2.32. The maximum Gasteiger partial charge on any atom is 0.138 e. The van der Waals surface area contributed by atoms with E-state index in [0.29, 0.717) is 28.4 Å². The summed E-state index contributed by atoms with van der Waals surface area (Å²) in [6.45, 7) is 3.35. The predicted molar refractivity (Wildman–Crippen MR) is 82.9 cm³/mol. The Morgan fingerprint density at radius 2 is 2.16 bits per heavy atom. The number of hydrogen-bond acceptors (Lipinski definition) is 3. The van der Waals surface area contributed by atoms with E-state index in [2.05, 4.69) is 4.90 Å². The Kier molecular flexibility index (Phi) is 7.26. The van der Waals surface area contributed by atoms with Gasteiger partial charge < -0.3 is 10.5 Å². The number of halogens is 3. The van der Waals surface area contributed by atoms with Crippen LogP contribution in [0.25, 0.3) is 0 Å². The number of rotatable bonds is 5. The highest BCUT2D eigenvalue weighted by Crippen LogP contribution is 2.27. The van der Waals surface area contributed by atoms with Gasteiger partial charge in [0.2, 0.25) is 0 Å². The Morgan fingerprint density at radius 3 is 2.84 bits per heavy atom. The SMILES string of the molecule is Cl.NCC1CCCN1CCOc1ccc(Cl)cc1Cl. The van der Waals surface area contributed by atoms with Crippen LogP contribution in [0.15, 0.2) is 18.2 Å². The first-order chi connectivity index (χ1) is 8.70. The molecule has 19 heavy (non-hydrogen) atoms. The van der Waals surface area contributed by atoms with Crippen molar-refractivity contribution >= 4 is 35.6 Å². The zero-order valence-corrected chi connectivity index (χ0v) is 13.0. The Bertz CT molecular complexity index is 403. The van der Waals surface area contributed by atoms with E-state index in [0.717, 1.165) is 19.6 Å². The minimum absolute atomic E-state index is 0. The van der Waals surface area contributed by atoms with Gasteiger partial charge in [-0.3, -0.25) is 4.90 Å². The summed E-state index contributed by atoms with van der Waals surface area (Å²) in [5.74, 6) is 0.685. The molecule has 0 aromatic heterocycles. The van der Waals surface area contributed by atoms with Crippen LogP contribution in [0, 0.1) is 0 Å². The summed E-state index contributed by atoms with van der Waals surface area (Å²) in [5, 5.41) is 1.18. The van der Waals surface area contributed by atoms with E-state index in [1.807, 2.05) is 0 Å². The largest absolute Gasteiger partial charge is 0.491 e. The molecule has 0 amide bonds. The fraction of sp³-hybridized carbons (Fsp3) is 0.538. The van der Waals surface area contributed by atoms with E-state index in [4.69, 9.17) is 33.7 Å². The van der Waals surface area contributed by atoms with Crippen LogP contribution in [0.5, 0.6) is 5.75 Å². The molecule has 0 radical (unpaired) electrons. The molecule has 0 aliphatic carbocycles. The number of ether oxygens (including phenoxy) is 1. The molecule has 2 N–H and O–H groups in total. The van der Waals surface area contributed by atoms with Crippen molar-refractivity contribution < 1.29 is 4.74 Å². The van der Waals surface area contributed by atoms with Crippen molar-refractivity contribution in [2.45, 2.75) is 18.9 Å². The summed E-state index contributed by atoms with van der Waals surface area (Å²) >= 11 is 11.9. The average molecular weight is 326 g/mol. The second kappa shape index (κ2) is 8.18.